The van der Waals surface area contributed by atoms with Crippen molar-refractivity contribution in [2.75, 3.05) is 48.4 Å². The van der Waals surface area contributed by atoms with E-state index in [1.807, 2.05) is 35.4 Å². The summed E-state index contributed by atoms with van der Waals surface area (Å²) in [6.07, 6.45) is 2.57. The zero-order valence-corrected chi connectivity index (χ0v) is 27.0. The predicted molar refractivity (Wildman–Crippen MR) is 173 cm³/mol. The fourth-order valence-electron chi connectivity index (χ4n) is 4.14. The topological polar surface area (TPSA) is 114 Å². The highest BCUT2D eigenvalue weighted by atomic mass is 35.5. The first-order valence-electron chi connectivity index (χ1n) is 13.4. The minimum absolute atomic E-state index is 0. The number of anilines is 1. The Morgan fingerprint density at radius 1 is 0.976 bits per heavy atom. The lowest BCUT2D eigenvalue weighted by Crippen LogP contribution is -2.55. The van der Waals surface area contributed by atoms with Crippen LogP contribution in [0.15, 0.2) is 48.5 Å². The van der Waals surface area contributed by atoms with Crippen LogP contribution in [0, 0.1) is 5.82 Å². The van der Waals surface area contributed by atoms with Gasteiger partial charge in [0.05, 0.1) is 12.6 Å². The minimum Gasteiger partial charge on any atom is -0.464 e. The van der Waals surface area contributed by atoms with Crippen molar-refractivity contribution in [2.45, 2.75) is 44.3 Å². The molecule has 2 aromatic carbocycles. The molecule has 0 spiro atoms. The molecule has 0 unspecified atom stereocenters. The van der Waals surface area contributed by atoms with Gasteiger partial charge in [0.1, 0.15) is 17.9 Å². The normalized spacial score (nSPS) is 12.8. The third-order valence-electron chi connectivity index (χ3n) is 6.26. The number of alkyl halides is 2. The number of ether oxygens (including phenoxy) is 1. The van der Waals surface area contributed by atoms with E-state index in [1.165, 1.54) is 23.9 Å². The number of thioether (sulfide) groups is 1. The monoisotopic (exact) mass is 664 g/mol. The van der Waals surface area contributed by atoms with Gasteiger partial charge in [-0.2, -0.15) is 11.8 Å². The molecule has 0 aliphatic carbocycles. The van der Waals surface area contributed by atoms with Crippen molar-refractivity contribution in [3.8, 4) is 0 Å². The summed E-state index contributed by atoms with van der Waals surface area (Å²) in [5, 5.41) is 5.53. The smallest absolute Gasteiger partial charge is 0.328 e. The number of esters is 1. The second-order valence-corrected chi connectivity index (χ2v) is 11.1. The van der Waals surface area contributed by atoms with Crippen LogP contribution >= 0.6 is 47.4 Å². The molecule has 0 aliphatic rings. The van der Waals surface area contributed by atoms with Crippen molar-refractivity contribution < 1.29 is 23.5 Å². The maximum Gasteiger partial charge on any atom is 0.328 e. The molecular formula is C29H40Cl3FN4O4S. The molecule has 8 nitrogen and oxygen atoms in total. The number of amides is 2. The number of hydrogen-bond donors (Lipinski definition) is 3. The number of hydrogen-bond acceptors (Lipinski definition) is 7. The molecule has 234 valence electrons. The van der Waals surface area contributed by atoms with Gasteiger partial charge in [-0.3, -0.25) is 9.59 Å². The van der Waals surface area contributed by atoms with Crippen molar-refractivity contribution >= 4 is 70.8 Å². The summed E-state index contributed by atoms with van der Waals surface area (Å²) in [5.41, 5.74) is 8.51. The highest BCUT2D eigenvalue weighted by Gasteiger charge is 2.29. The van der Waals surface area contributed by atoms with E-state index >= 15 is 0 Å². The molecular weight excluding hydrogens is 626 g/mol. The Balaban J connectivity index is 0.00000882. The summed E-state index contributed by atoms with van der Waals surface area (Å²) in [4.78, 5) is 41.3. The Hall–Kier alpha value is -2.24. The molecule has 0 saturated carbocycles. The number of nitrogens with zero attached hydrogens (tertiary/aromatic N) is 1. The average Bonchev–Trinajstić information content (AvgIpc) is 2.96. The fourth-order valence-corrected chi connectivity index (χ4v) is 5.02. The van der Waals surface area contributed by atoms with Crippen LogP contribution in [0.25, 0.3) is 0 Å². The Morgan fingerprint density at radius 3 is 2.21 bits per heavy atom. The molecule has 0 heterocycles. The molecule has 0 aliphatic heterocycles. The summed E-state index contributed by atoms with van der Waals surface area (Å²) in [5.74, 6) is -0.545. The van der Waals surface area contributed by atoms with E-state index in [9.17, 15) is 18.8 Å². The number of nitrogens with one attached hydrogen (secondary N) is 2. The second kappa shape index (κ2) is 20.6. The first-order chi connectivity index (χ1) is 19.7. The van der Waals surface area contributed by atoms with E-state index in [0.717, 1.165) is 11.3 Å². The summed E-state index contributed by atoms with van der Waals surface area (Å²) >= 11 is 13.5. The van der Waals surface area contributed by atoms with Crippen LogP contribution in [0.3, 0.4) is 0 Å². The van der Waals surface area contributed by atoms with Crippen molar-refractivity contribution in [1.29, 1.82) is 0 Å². The highest BCUT2D eigenvalue weighted by molar-refractivity contribution is 7.98. The number of halogens is 4. The van der Waals surface area contributed by atoms with E-state index in [2.05, 4.69) is 10.6 Å². The van der Waals surface area contributed by atoms with Gasteiger partial charge in [0, 0.05) is 37.0 Å². The third kappa shape index (κ3) is 13.0. The van der Waals surface area contributed by atoms with Crippen molar-refractivity contribution in [3.63, 3.8) is 0 Å². The molecule has 2 aromatic rings. The lowest BCUT2D eigenvalue weighted by Gasteiger charge is -2.25. The van der Waals surface area contributed by atoms with Crippen LogP contribution in [-0.2, 0) is 32.0 Å². The van der Waals surface area contributed by atoms with Gasteiger partial charge >= 0.3 is 5.97 Å². The van der Waals surface area contributed by atoms with Gasteiger partial charge in [-0.1, -0.05) is 24.3 Å². The van der Waals surface area contributed by atoms with E-state index in [0.29, 0.717) is 42.6 Å². The van der Waals surface area contributed by atoms with E-state index in [-0.39, 0.29) is 37.7 Å². The number of nitrogens with two attached hydrogens (primary N) is 1. The molecule has 0 aromatic heterocycles. The zero-order chi connectivity index (χ0) is 30.2. The van der Waals surface area contributed by atoms with Gasteiger partial charge in [0.2, 0.25) is 11.8 Å². The molecule has 3 atom stereocenters. The molecule has 0 saturated heterocycles. The Labute approximate surface area is 268 Å². The van der Waals surface area contributed by atoms with Crippen molar-refractivity contribution in [1.82, 2.24) is 10.6 Å². The second-order valence-electron chi connectivity index (χ2n) is 9.33. The van der Waals surface area contributed by atoms with Gasteiger partial charge < -0.3 is 26.0 Å². The first-order valence-corrected chi connectivity index (χ1v) is 15.9. The van der Waals surface area contributed by atoms with E-state index in [1.54, 1.807) is 19.1 Å². The molecule has 42 heavy (non-hydrogen) atoms. The number of rotatable bonds is 18. The Bertz CT molecular complexity index is 1110. The molecule has 2 rings (SSSR count). The molecule has 4 N–H and O–H groups in total. The van der Waals surface area contributed by atoms with Crippen LogP contribution in [-0.4, -0.2) is 79.4 Å². The maximum atomic E-state index is 13.5. The molecule has 0 radical (unpaired) electrons. The SMILES string of the molecule is CCOC(=O)[C@H](CCSC)NC(=O)[C@H](Cc1cccc(N(CCCl)CCCl)c1)NC(=O)[C@@H](N)Cc1ccc(F)cc1.Cl. The van der Waals surface area contributed by atoms with E-state index in [4.69, 9.17) is 33.7 Å². The predicted octanol–water partition coefficient (Wildman–Crippen LogP) is 3.93. The van der Waals surface area contributed by atoms with E-state index < -0.39 is 35.9 Å². The van der Waals surface area contributed by atoms with Gasteiger partial charge in [0.15, 0.2) is 0 Å². The highest BCUT2D eigenvalue weighted by Crippen LogP contribution is 2.18. The first kappa shape index (κ1) is 37.8. The Morgan fingerprint density at radius 2 is 1.62 bits per heavy atom. The molecule has 0 fully saturated rings. The van der Waals surface area contributed by atoms with Crippen LogP contribution in [0.4, 0.5) is 10.1 Å². The third-order valence-corrected chi connectivity index (χ3v) is 7.24. The molecule has 2 amide bonds. The lowest BCUT2D eigenvalue weighted by atomic mass is 10.0. The summed E-state index contributed by atoms with van der Waals surface area (Å²) in [7, 11) is 0. The van der Waals surface area contributed by atoms with Crippen LogP contribution in [0.2, 0.25) is 0 Å². The van der Waals surface area contributed by atoms with Gasteiger partial charge in [-0.05, 0) is 67.2 Å². The zero-order valence-electron chi connectivity index (χ0n) is 23.8. The summed E-state index contributed by atoms with van der Waals surface area (Å²) < 4.78 is 18.5. The van der Waals surface area contributed by atoms with Crippen LogP contribution in [0.1, 0.15) is 24.5 Å². The molecule has 0 bridgehead atoms. The van der Waals surface area contributed by atoms with Crippen molar-refractivity contribution in [3.05, 3.63) is 65.5 Å². The van der Waals surface area contributed by atoms with Crippen LogP contribution in [0.5, 0.6) is 0 Å². The fraction of sp³-hybridized carbons (Fsp3) is 0.483. The minimum atomic E-state index is -1.03. The van der Waals surface area contributed by atoms with Gasteiger partial charge in [-0.15, -0.1) is 35.6 Å². The lowest BCUT2D eigenvalue weighted by molar-refractivity contribution is -0.147. The van der Waals surface area contributed by atoms with Gasteiger partial charge in [0.25, 0.3) is 0 Å². The van der Waals surface area contributed by atoms with Crippen LogP contribution < -0.4 is 21.3 Å². The number of benzene rings is 2. The number of carbonyl (C=O) groups is 3. The molecule has 13 heteroatoms. The standard InChI is InChI=1S/C29H39Cl2FN4O4S.ClH/c1-3-40-29(39)25(11-16-41-2)34-28(38)26(35-27(37)24(33)18-20-7-9-22(32)10-8-20)19-21-5-4-6-23(17-21)36(14-12-30)15-13-31;/h4-10,17,24-26H,3,11-16,18-19,33H2,1-2H3,(H,34,38)(H,35,37);1H/t24-,25-,26-;/m0./s1. The maximum absolute atomic E-state index is 13.5. The van der Waals surface area contributed by atoms with Crippen molar-refractivity contribution in [2.24, 2.45) is 5.73 Å². The number of carbonyl (C=O) groups excluding carboxylic acids is 3. The quantitative estimate of drug-likeness (QED) is 0.163. The summed E-state index contributed by atoms with van der Waals surface area (Å²) in [6.45, 7) is 3.05. The Kier molecular flexibility index (Phi) is 18.6. The van der Waals surface area contributed by atoms with Gasteiger partial charge in [-0.25, -0.2) is 9.18 Å². The average molecular weight is 666 g/mol. The summed E-state index contributed by atoms with van der Waals surface area (Å²) in [6, 6.07) is 10.4. The largest absolute Gasteiger partial charge is 0.464 e.